The van der Waals surface area contributed by atoms with E-state index in [1.54, 1.807) is 0 Å². The summed E-state index contributed by atoms with van der Waals surface area (Å²) < 4.78 is 0. The number of rotatable bonds is 4. The van der Waals surface area contributed by atoms with Crippen molar-refractivity contribution in [3.8, 4) is 12.3 Å². The minimum Gasteiger partial charge on any atom is -0.480 e. The Morgan fingerprint density at radius 2 is 2.33 bits per heavy atom. The maximum Gasteiger partial charge on any atom is 0.323 e. The number of hydrogen-bond donors (Lipinski definition) is 2. The fourth-order valence-electron chi connectivity index (χ4n) is 0.867. The molecule has 0 unspecified atom stereocenters. The number of nitrogens with one attached hydrogen (secondary N) is 1. The summed E-state index contributed by atoms with van der Waals surface area (Å²) in [6.07, 6.45) is 5.00. The number of H-pyrrole nitrogens is 1. The number of amides is 1. The number of carbonyl (C=O) groups is 2. The predicted molar refractivity (Wildman–Crippen MR) is 46.5 cm³/mol. The number of hydrogen-bond acceptors (Lipinski definition) is 5. The van der Waals surface area contributed by atoms with Gasteiger partial charge in [0.1, 0.15) is 6.54 Å². The lowest BCUT2D eigenvalue weighted by molar-refractivity contribution is -0.137. The number of aromatic nitrogens is 4. The maximum absolute atomic E-state index is 11.5. The van der Waals surface area contributed by atoms with Gasteiger partial charge in [-0.3, -0.25) is 9.59 Å². The van der Waals surface area contributed by atoms with Crippen molar-refractivity contribution in [2.75, 3.05) is 13.1 Å². The van der Waals surface area contributed by atoms with Crippen molar-refractivity contribution in [2.24, 2.45) is 0 Å². The van der Waals surface area contributed by atoms with Crippen molar-refractivity contribution >= 4 is 11.9 Å². The molecule has 1 aromatic rings. The summed E-state index contributed by atoms with van der Waals surface area (Å²) >= 11 is 0. The monoisotopic (exact) mass is 209 g/mol. The summed E-state index contributed by atoms with van der Waals surface area (Å²) in [6, 6.07) is 0. The van der Waals surface area contributed by atoms with Crippen LogP contribution in [0.15, 0.2) is 0 Å². The molecule has 15 heavy (non-hydrogen) atoms. The number of tetrazole rings is 1. The van der Waals surface area contributed by atoms with Gasteiger partial charge >= 0.3 is 5.97 Å². The van der Waals surface area contributed by atoms with Crippen molar-refractivity contribution in [3.05, 3.63) is 5.82 Å². The van der Waals surface area contributed by atoms with Gasteiger partial charge in [0.25, 0.3) is 11.7 Å². The van der Waals surface area contributed by atoms with Crippen LogP contribution in [0.25, 0.3) is 0 Å². The van der Waals surface area contributed by atoms with Crippen molar-refractivity contribution in [2.45, 2.75) is 0 Å². The quantitative estimate of drug-likeness (QED) is 0.575. The normalized spacial score (nSPS) is 9.27. The predicted octanol–water partition coefficient (Wildman–Crippen LogP) is -1.64. The first kappa shape index (κ1) is 10.6. The number of carbonyl (C=O) groups excluding carboxylic acids is 1. The second-order valence-electron chi connectivity index (χ2n) is 2.49. The summed E-state index contributed by atoms with van der Waals surface area (Å²) in [5, 5.41) is 20.6. The van der Waals surface area contributed by atoms with Crippen LogP contribution < -0.4 is 0 Å². The molecule has 0 fully saturated rings. The molecule has 1 rings (SSSR count). The number of aromatic amines is 1. The molecule has 0 saturated carbocycles. The molecule has 78 valence electrons. The molecule has 1 aromatic heterocycles. The van der Waals surface area contributed by atoms with Crippen molar-refractivity contribution in [1.82, 2.24) is 25.5 Å². The zero-order valence-corrected chi connectivity index (χ0v) is 7.54. The first-order valence-corrected chi connectivity index (χ1v) is 3.83. The van der Waals surface area contributed by atoms with Gasteiger partial charge in [0.2, 0.25) is 0 Å². The average Bonchev–Trinajstić information content (AvgIpc) is 2.68. The van der Waals surface area contributed by atoms with Crippen molar-refractivity contribution in [1.29, 1.82) is 0 Å². The first-order valence-electron chi connectivity index (χ1n) is 3.83. The second-order valence-corrected chi connectivity index (χ2v) is 2.49. The standard InChI is InChI=1S/C7H7N5O3/c1-2-3-12(4-5(13)14)7(15)6-8-10-11-9-6/h1H,3-4H2,(H,13,14)(H,8,9,10,11). The van der Waals surface area contributed by atoms with E-state index in [2.05, 4.69) is 26.5 Å². The minimum absolute atomic E-state index is 0.125. The van der Waals surface area contributed by atoms with Crippen LogP contribution in [0.3, 0.4) is 0 Å². The summed E-state index contributed by atoms with van der Waals surface area (Å²) in [7, 11) is 0. The highest BCUT2D eigenvalue weighted by Crippen LogP contribution is 1.96. The van der Waals surface area contributed by atoms with Gasteiger partial charge < -0.3 is 10.0 Å². The molecule has 0 spiro atoms. The number of terminal acetylenes is 1. The Balaban J connectivity index is 2.76. The lowest BCUT2D eigenvalue weighted by Crippen LogP contribution is -2.36. The SMILES string of the molecule is C#CCN(CC(=O)O)C(=O)c1nn[nH]n1. The second kappa shape index (κ2) is 4.71. The van der Waals surface area contributed by atoms with E-state index in [-0.39, 0.29) is 12.4 Å². The molecule has 1 amide bonds. The van der Waals surface area contributed by atoms with E-state index in [1.807, 2.05) is 0 Å². The van der Waals surface area contributed by atoms with E-state index in [0.29, 0.717) is 0 Å². The molecular weight excluding hydrogens is 202 g/mol. The largest absolute Gasteiger partial charge is 0.480 e. The molecule has 0 aromatic carbocycles. The Morgan fingerprint density at radius 1 is 1.60 bits per heavy atom. The van der Waals surface area contributed by atoms with Crippen molar-refractivity contribution < 1.29 is 14.7 Å². The number of aliphatic carboxylic acids is 1. The van der Waals surface area contributed by atoms with Crippen LogP contribution in [0.4, 0.5) is 0 Å². The van der Waals surface area contributed by atoms with E-state index >= 15 is 0 Å². The molecule has 2 N–H and O–H groups in total. The number of carboxylic acid groups (broad SMARTS) is 1. The fourth-order valence-corrected chi connectivity index (χ4v) is 0.867. The van der Waals surface area contributed by atoms with Crippen LogP contribution in [0.1, 0.15) is 10.6 Å². The van der Waals surface area contributed by atoms with Gasteiger partial charge in [-0.25, -0.2) is 0 Å². The molecule has 8 heteroatoms. The topological polar surface area (TPSA) is 112 Å². The van der Waals surface area contributed by atoms with Crippen LogP contribution in [0, 0.1) is 12.3 Å². The minimum atomic E-state index is -1.16. The zero-order valence-electron chi connectivity index (χ0n) is 7.54. The van der Waals surface area contributed by atoms with Gasteiger partial charge in [0.15, 0.2) is 0 Å². The third-order valence-electron chi connectivity index (χ3n) is 1.43. The number of carboxylic acids is 1. The summed E-state index contributed by atoms with van der Waals surface area (Å²) in [6.45, 7) is -0.628. The highest BCUT2D eigenvalue weighted by molar-refractivity contribution is 5.92. The van der Waals surface area contributed by atoms with E-state index in [9.17, 15) is 9.59 Å². The highest BCUT2D eigenvalue weighted by atomic mass is 16.4. The molecule has 0 aliphatic carbocycles. The Kier molecular flexibility index (Phi) is 3.34. The van der Waals surface area contributed by atoms with Gasteiger partial charge in [-0.2, -0.15) is 5.21 Å². The lowest BCUT2D eigenvalue weighted by atomic mass is 10.4. The van der Waals surface area contributed by atoms with Crippen LogP contribution in [-0.4, -0.2) is 55.6 Å². The molecule has 0 aliphatic heterocycles. The molecule has 0 radical (unpaired) electrons. The maximum atomic E-state index is 11.5. The Labute approximate surface area is 84.3 Å². The molecule has 0 atom stereocenters. The van der Waals surface area contributed by atoms with Gasteiger partial charge in [0.05, 0.1) is 6.54 Å². The van der Waals surface area contributed by atoms with Crippen molar-refractivity contribution in [3.63, 3.8) is 0 Å². The van der Waals surface area contributed by atoms with Gasteiger partial charge in [-0.1, -0.05) is 5.92 Å². The summed E-state index contributed by atoms with van der Waals surface area (Å²) in [5.41, 5.74) is 0. The van der Waals surface area contributed by atoms with E-state index in [1.165, 1.54) is 0 Å². The first-order chi connectivity index (χ1) is 7.15. The Hall–Kier alpha value is -2.43. The zero-order chi connectivity index (χ0) is 11.3. The molecule has 1 heterocycles. The molecule has 0 aliphatic rings. The Bertz CT molecular complexity index is 393. The van der Waals surface area contributed by atoms with Gasteiger partial charge in [-0.05, 0) is 5.21 Å². The van der Waals surface area contributed by atoms with E-state index in [0.717, 1.165) is 4.90 Å². The summed E-state index contributed by atoms with van der Waals surface area (Å²) in [5.74, 6) is 0.114. The summed E-state index contributed by atoms with van der Waals surface area (Å²) in [4.78, 5) is 22.9. The third kappa shape index (κ3) is 2.77. The van der Waals surface area contributed by atoms with Crippen LogP contribution in [-0.2, 0) is 4.79 Å². The third-order valence-corrected chi connectivity index (χ3v) is 1.43. The Morgan fingerprint density at radius 3 is 2.80 bits per heavy atom. The van der Waals surface area contributed by atoms with Crippen LogP contribution in [0.5, 0.6) is 0 Å². The smallest absolute Gasteiger partial charge is 0.323 e. The molecule has 0 bridgehead atoms. The highest BCUT2D eigenvalue weighted by Gasteiger charge is 2.20. The molecule has 0 saturated heterocycles. The molecule has 8 nitrogen and oxygen atoms in total. The lowest BCUT2D eigenvalue weighted by Gasteiger charge is -2.14. The number of nitrogens with zero attached hydrogens (tertiary/aromatic N) is 4. The van der Waals surface area contributed by atoms with Crippen LogP contribution in [0.2, 0.25) is 0 Å². The fraction of sp³-hybridized carbons (Fsp3) is 0.286. The van der Waals surface area contributed by atoms with E-state index < -0.39 is 18.4 Å². The molecular formula is C7H7N5O3. The average molecular weight is 209 g/mol. The van der Waals surface area contributed by atoms with Crippen LogP contribution >= 0.6 is 0 Å². The van der Waals surface area contributed by atoms with Gasteiger partial charge in [-0.15, -0.1) is 16.6 Å². The van der Waals surface area contributed by atoms with E-state index in [4.69, 9.17) is 11.5 Å². The van der Waals surface area contributed by atoms with Gasteiger partial charge in [0, 0.05) is 0 Å².